The molecule has 0 saturated heterocycles. The number of nitro benzene ring substituents is 1. The molecule has 0 aliphatic rings. The van der Waals surface area contributed by atoms with E-state index in [1.54, 1.807) is 35.6 Å². The fourth-order valence-corrected chi connectivity index (χ4v) is 4.57. The summed E-state index contributed by atoms with van der Waals surface area (Å²) in [4.78, 5) is 16.6. The molecule has 0 radical (unpaired) electrons. The van der Waals surface area contributed by atoms with E-state index in [-0.39, 0.29) is 16.7 Å². The van der Waals surface area contributed by atoms with Gasteiger partial charge < -0.3 is 4.57 Å². The predicted molar refractivity (Wildman–Crippen MR) is 126 cm³/mol. The van der Waals surface area contributed by atoms with Crippen molar-refractivity contribution in [2.45, 2.75) is 26.8 Å². The van der Waals surface area contributed by atoms with Crippen LogP contribution < -0.4 is 4.80 Å². The zero-order chi connectivity index (χ0) is 22.0. The number of nitro groups is 1. The third-order valence-electron chi connectivity index (χ3n) is 5.58. The highest BCUT2D eigenvalue weighted by Gasteiger charge is 2.17. The Labute approximate surface area is 185 Å². The summed E-state index contributed by atoms with van der Waals surface area (Å²) < 4.78 is 2.21. The van der Waals surface area contributed by atoms with E-state index >= 15 is 0 Å². The van der Waals surface area contributed by atoms with Crippen molar-refractivity contribution in [3.63, 3.8) is 0 Å². The SMILES string of the molecule is Cc1cccc(N=c2scc(-c3ccc([N+](=O)[O-])cc3)n2C(C)c2ccccc2)c1C. The summed E-state index contributed by atoms with van der Waals surface area (Å²) in [6.07, 6.45) is 0. The first-order valence-corrected chi connectivity index (χ1v) is 10.9. The lowest BCUT2D eigenvalue weighted by Crippen LogP contribution is -2.20. The van der Waals surface area contributed by atoms with Crippen molar-refractivity contribution in [2.75, 3.05) is 0 Å². The largest absolute Gasteiger partial charge is 0.309 e. The summed E-state index contributed by atoms with van der Waals surface area (Å²) in [6.45, 7) is 6.33. The maximum absolute atomic E-state index is 11.1. The predicted octanol–water partition coefficient (Wildman–Crippen LogP) is 6.58. The molecule has 0 aliphatic heterocycles. The monoisotopic (exact) mass is 429 g/mol. The van der Waals surface area contributed by atoms with Gasteiger partial charge in [-0.3, -0.25) is 10.1 Å². The summed E-state index contributed by atoms with van der Waals surface area (Å²) in [6, 6.07) is 23.2. The van der Waals surface area contributed by atoms with E-state index in [0.29, 0.717) is 0 Å². The van der Waals surface area contributed by atoms with Crippen LogP contribution in [0, 0.1) is 24.0 Å². The van der Waals surface area contributed by atoms with Gasteiger partial charge in [-0.1, -0.05) is 42.5 Å². The van der Waals surface area contributed by atoms with E-state index in [4.69, 9.17) is 4.99 Å². The molecular weight excluding hydrogens is 406 g/mol. The molecule has 0 fully saturated rings. The quantitative estimate of drug-likeness (QED) is 0.266. The van der Waals surface area contributed by atoms with E-state index in [1.807, 2.05) is 30.3 Å². The fourth-order valence-electron chi connectivity index (χ4n) is 3.58. The summed E-state index contributed by atoms with van der Waals surface area (Å²) in [7, 11) is 0. The first-order valence-electron chi connectivity index (χ1n) is 10.1. The fraction of sp³-hybridized carbons (Fsp3) is 0.160. The molecule has 3 aromatic carbocycles. The summed E-state index contributed by atoms with van der Waals surface area (Å²) in [5.41, 5.74) is 6.48. The standard InChI is InChI=1S/C25H23N3O2S/c1-17-8-7-11-23(18(17)2)26-25-27(19(3)20-9-5-4-6-10-20)24(16-31-25)21-12-14-22(15-13-21)28(29)30/h4-16,19H,1-3H3. The van der Waals surface area contributed by atoms with Gasteiger partial charge in [-0.15, -0.1) is 11.3 Å². The third kappa shape index (κ3) is 4.20. The highest BCUT2D eigenvalue weighted by atomic mass is 32.1. The molecule has 0 spiro atoms. The molecule has 4 rings (SSSR count). The first kappa shape index (κ1) is 20.8. The van der Waals surface area contributed by atoms with Gasteiger partial charge in [0, 0.05) is 17.5 Å². The van der Waals surface area contributed by atoms with Gasteiger partial charge in [-0.25, -0.2) is 4.99 Å². The van der Waals surface area contributed by atoms with Crippen LogP contribution >= 0.6 is 11.3 Å². The highest BCUT2D eigenvalue weighted by Crippen LogP contribution is 2.29. The molecule has 1 aromatic heterocycles. The van der Waals surface area contributed by atoms with Gasteiger partial charge in [-0.2, -0.15) is 0 Å². The Morgan fingerprint density at radius 1 is 0.968 bits per heavy atom. The lowest BCUT2D eigenvalue weighted by atomic mass is 10.1. The summed E-state index contributed by atoms with van der Waals surface area (Å²) >= 11 is 1.58. The summed E-state index contributed by atoms with van der Waals surface area (Å²) in [5.74, 6) is 0. The normalized spacial score (nSPS) is 12.7. The molecule has 0 amide bonds. The molecule has 1 heterocycles. The second kappa shape index (κ2) is 8.70. The number of aryl methyl sites for hydroxylation is 1. The number of thiazole rings is 1. The Balaban J connectivity index is 1.91. The Hall–Kier alpha value is -3.51. The molecule has 156 valence electrons. The molecule has 0 bridgehead atoms. The van der Waals surface area contributed by atoms with Crippen molar-refractivity contribution in [1.82, 2.24) is 4.57 Å². The van der Waals surface area contributed by atoms with Crippen molar-refractivity contribution >= 4 is 22.7 Å². The van der Waals surface area contributed by atoms with Gasteiger partial charge in [0.25, 0.3) is 5.69 Å². The Morgan fingerprint density at radius 3 is 2.35 bits per heavy atom. The van der Waals surface area contributed by atoms with Crippen LogP contribution in [0.2, 0.25) is 0 Å². The van der Waals surface area contributed by atoms with Crippen molar-refractivity contribution in [1.29, 1.82) is 0 Å². The molecule has 6 heteroatoms. The smallest absolute Gasteiger partial charge is 0.269 e. The lowest BCUT2D eigenvalue weighted by molar-refractivity contribution is -0.384. The van der Waals surface area contributed by atoms with Crippen LogP contribution in [0.4, 0.5) is 11.4 Å². The molecule has 0 aliphatic carbocycles. The maximum atomic E-state index is 11.1. The third-order valence-corrected chi connectivity index (χ3v) is 6.42. The minimum atomic E-state index is -0.376. The van der Waals surface area contributed by atoms with Crippen LogP contribution in [-0.2, 0) is 0 Å². The van der Waals surface area contributed by atoms with Gasteiger partial charge in [-0.05, 0) is 61.2 Å². The van der Waals surface area contributed by atoms with Crippen molar-refractivity contribution in [3.05, 3.63) is 110 Å². The lowest BCUT2D eigenvalue weighted by Gasteiger charge is -2.18. The Bertz CT molecular complexity index is 1290. The second-order valence-corrected chi connectivity index (χ2v) is 8.33. The van der Waals surface area contributed by atoms with E-state index in [2.05, 4.69) is 48.9 Å². The average Bonchev–Trinajstić information content (AvgIpc) is 3.20. The van der Waals surface area contributed by atoms with Crippen LogP contribution in [0.25, 0.3) is 11.3 Å². The number of aromatic nitrogens is 1. The van der Waals surface area contributed by atoms with Crippen LogP contribution in [0.3, 0.4) is 0 Å². The molecular formula is C25H23N3O2S. The highest BCUT2D eigenvalue weighted by molar-refractivity contribution is 7.07. The van der Waals surface area contributed by atoms with Gasteiger partial charge in [0.05, 0.1) is 22.3 Å². The second-order valence-electron chi connectivity index (χ2n) is 7.49. The topological polar surface area (TPSA) is 60.4 Å². The van der Waals surface area contributed by atoms with Crippen molar-refractivity contribution in [2.24, 2.45) is 4.99 Å². The molecule has 31 heavy (non-hydrogen) atoms. The van der Waals surface area contributed by atoms with Crippen LogP contribution in [0.15, 0.2) is 83.2 Å². The summed E-state index contributed by atoms with van der Waals surface area (Å²) in [5, 5.41) is 13.1. The van der Waals surface area contributed by atoms with Crippen LogP contribution in [-0.4, -0.2) is 9.49 Å². The molecule has 1 atom stereocenters. The van der Waals surface area contributed by atoms with E-state index < -0.39 is 0 Å². The number of hydrogen-bond acceptors (Lipinski definition) is 4. The number of hydrogen-bond donors (Lipinski definition) is 0. The molecule has 5 nitrogen and oxygen atoms in total. The maximum Gasteiger partial charge on any atom is 0.269 e. The number of rotatable bonds is 5. The van der Waals surface area contributed by atoms with Crippen molar-refractivity contribution < 1.29 is 4.92 Å². The van der Waals surface area contributed by atoms with E-state index in [0.717, 1.165) is 27.3 Å². The molecule has 1 unspecified atom stereocenters. The van der Waals surface area contributed by atoms with E-state index in [1.165, 1.54) is 11.1 Å². The van der Waals surface area contributed by atoms with Gasteiger partial charge in [0.15, 0.2) is 4.80 Å². The molecule has 0 saturated carbocycles. The van der Waals surface area contributed by atoms with Crippen LogP contribution in [0.1, 0.15) is 29.7 Å². The zero-order valence-corrected chi connectivity index (χ0v) is 18.5. The molecule has 0 N–H and O–H groups in total. The van der Waals surface area contributed by atoms with E-state index in [9.17, 15) is 10.1 Å². The average molecular weight is 430 g/mol. The number of non-ortho nitro benzene ring substituents is 1. The number of benzene rings is 3. The number of nitrogens with zero attached hydrogens (tertiary/aromatic N) is 3. The van der Waals surface area contributed by atoms with Gasteiger partial charge >= 0.3 is 0 Å². The minimum Gasteiger partial charge on any atom is -0.309 e. The van der Waals surface area contributed by atoms with Crippen molar-refractivity contribution in [3.8, 4) is 11.3 Å². The Kier molecular flexibility index (Phi) is 5.82. The Morgan fingerprint density at radius 2 is 1.68 bits per heavy atom. The minimum absolute atomic E-state index is 0.0431. The van der Waals surface area contributed by atoms with Crippen LogP contribution in [0.5, 0.6) is 0 Å². The zero-order valence-electron chi connectivity index (χ0n) is 17.6. The van der Waals surface area contributed by atoms with Gasteiger partial charge in [0.2, 0.25) is 0 Å². The first-order chi connectivity index (χ1) is 15.0. The molecule has 4 aromatic rings. The van der Waals surface area contributed by atoms with Gasteiger partial charge in [0.1, 0.15) is 0 Å².